The lowest BCUT2D eigenvalue weighted by atomic mass is 9.96. The van der Waals surface area contributed by atoms with E-state index in [0.717, 1.165) is 13.8 Å². The summed E-state index contributed by atoms with van der Waals surface area (Å²) in [5.74, 6) is -2.21. The Balaban J connectivity index is 2.46. The highest BCUT2D eigenvalue weighted by Crippen LogP contribution is 2.31. The van der Waals surface area contributed by atoms with Crippen LogP contribution in [-0.2, 0) is 38.1 Å². The van der Waals surface area contributed by atoms with Crippen LogP contribution in [0.3, 0.4) is 0 Å². The lowest BCUT2D eigenvalue weighted by Crippen LogP contribution is -2.67. The molecule has 31 heavy (non-hydrogen) atoms. The van der Waals surface area contributed by atoms with E-state index in [2.05, 4.69) is 5.32 Å². The zero-order valence-electron chi connectivity index (χ0n) is 17.5. The molecule has 170 valence electrons. The smallest absolute Gasteiger partial charge is 0.303 e. The molecule has 0 spiro atoms. The van der Waals surface area contributed by atoms with Gasteiger partial charge in [-0.15, -0.1) is 0 Å². The van der Waals surface area contributed by atoms with Crippen LogP contribution in [0.25, 0.3) is 0 Å². The number of benzene rings is 1. The lowest BCUT2D eigenvalue weighted by molar-refractivity contribution is -0.257. The number of ether oxygens (including phenoxy) is 5. The number of rotatable bonds is 7. The predicted molar refractivity (Wildman–Crippen MR) is 106 cm³/mol. The van der Waals surface area contributed by atoms with Crippen LogP contribution in [-0.4, -0.2) is 61.1 Å². The van der Waals surface area contributed by atoms with Crippen LogP contribution in [0, 0.1) is 0 Å². The minimum Gasteiger partial charge on any atom is -0.463 e. The van der Waals surface area contributed by atoms with Gasteiger partial charge in [0.25, 0.3) is 0 Å². The molecule has 10 nitrogen and oxygen atoms in total. The first-order valence-corrected chi connectivity index (χ1v) is 9.77. The predicted octanol–water partition coefficient (Wildman–Crippen LogP) is 1.37. The SMILES string of the molecule is CC(=O)N[C@H]1[C@H](Oc2ccccc2Cl)O[C@H](COC(C)=O)[C@@H](OC(C)=O)[C@@H]1OC(C)=O. The Labute approximate surface area is 184 Å². The molecule has 11 heteroatoms. The van der Waals surface area contributed by atoms with Crippen LogP contribution in [0.15, 0.2) is 24.3 Å². The molecule has 1 saturated heterocycles. The number of amides is 1. The van der Waals surface area contributed by atoms with Crippen molar-refractivity contribution in [1.29, 1.82) is 0 Å². The molecule has 1 aromatic carbocycles. The van der Waals surface area contributed by atoms with Crippen LogP contribution in [0.4, 0.5) is 0 Å². The van der Waals surface area contributed by atoms with E-state index in [1.165, 1.54) is 13.8 Å². The molecule has 0 radical (unpaired) electrons. The van der Waals surface area contributed by atoms with E-state index in [-0.39, 0.29) is 17.4 Å². The van der Waals surface area contributed by atoms with Crippen LogP contribution in [0.1, 0.15) is 27.7 Å². The third-order valence-corrected chi connectivity index (χ3v) is 4.46. The number of nitrogens with one attached hydrogen (secondary N) is 1. The molecule has 1 N–H and O–H groups in total. The zero-order valence-corrected chi connectivity index (χ0v) is 18.2. The third-order valence-electron chi connectivity index (χ3n) is 4.15. The van der Waals surface area contributed by atoms with E-state index in [1.54, 1.807) is 24.3 Å². The molecule has 1 aliphatic heterocycles. The maximum absolute atomic E-state index is 11.9. The molecule has 0 bridgehead atoms. The van der Waals surface area contributed by atoms with E-state index in [9.17, 15) is 19.2 Å². The normalized spacial score (nSPS) is 25.1. The number of carbonyl (C=O) groups is 4. The van der Waals surface area contributed by atoms with Gasteiger partial charge in [0, 0.05) is 27.7 Å². The van der Waals surface area contributed by atoms with Gasteiger partial charge < -0.3 is 29.0 Å². The summed E-state index contributed by atoms with van der Waals surface area (Å²) in [6, 6.07) is 5.48. The molecule has 1 aliphatic rings. The Hall–Kier alpha value is -2.85. The van der Waals surface area contributed by atoms with Gasteiger partial charge in [0.1, 0.15) is 24.5 Å². The quantitative estimate of drug-likeness (QED) is 0.477. The third kappa shape index (κ3) is 7.11. The first kappa shape index (κ1) is 24.4. The molecule has 1 fully saturated rings. The molecule has 1 aromatic rings. The van der Waals surface area contributed by atoms with Gasteiger partial charge >= 0.3 is 17.9 Å². The summed E-state index contributed by atoms with van der Waals surface area (Å²) in [6.07, 6.45) is -4.68. The number of hydrogen-bond donors (Lipinski definition) is 1. The number of halogens is 1. The fourth-order valence-electron chi connectivity index (χ4n) is 3.06. The van der Waals surface area contributed by atoms with Gasteiger partial charge in [0.15, 0.2) is 12.2 Å². The average molecular weight is 458 g/mol. The van der Waals surface area contributed by atoms with Crippen molar-refractivity contribution in [2.45, 2.75) is 58.3 Å². The summed E-state index contributed by atoms with van der Waals surface area (Å²) >= 11 is 6.16. The highest BCUT2D eigenvalue weighted by Gasteiger charge is 2.52. The molecule has 0 aromatic heterocycles. The second-order valence-electron chi connectivity index (χ2n) is 6.77. The Morgan fingerprint density at radius 3 is 2.13 bits per heavy atom. The van der Waals surface area contributed by atoms with Gasteiger partial charge in [-0.2, -0.15) is 0 Å². The van der Waals surface area contributed by atoms with E-state index in [4.69, 9.17) is 35.3 Å². The largest absolute Gasteiger partial charge is 0.463 e. The number of hydrogen-bond acceptors (Lipinski definition) is 9. The van der Waals surface area contributed by atoms with Gasteiger partial charge in [0.2, 0.25) is 12.2 Å². The molecule has 5 atom stereocenters. The lowest BCUT2D eigenvalue weighted by Gasteiger charge is -2.44. The Morgan fingerprint density at radius 1 is 0.968 bits per heavy atom. The molecule has 1 amide bonds. The van der Waals surface area contributed by atoms with Gasteiger partial charge in [0.05, 0.1) is 5.02 Å². The zero-order chi connectivity index (χ0) is 23.1. The van der Waals surface area contributed by atoms with Crippen molar-refractivity contribution in [3.8, 4) is 5.75 Å². The van der Waals surface area contributed by atoms with Gasteiger partial charge in [-0.3, -0.25) is 19.2 Å². The first-order chi connectivity index (χ1) is 14.6. The Kier molecular flexibility index (Phi) is 8.64. The summed E-state index contributed by atoms with van der Waals surface area (Å²) < 4.78 is 27.5. The standard InChI is InChI=1S/C20H24ClNO9/c1-10(23)22-17-19(29-13(4)26)18(28-12(3)25)16(9-27-11(2)24)31-20(17)30-15-8-6-5-7-14(15)21/h5-8,16-20H,9H2,1-4H3,(H,22,23)/t16-,17-,18-,19-,20-/m1/s1. The number of para-hydroxylation sites is 1. The van der Waals surface area contributed by atoms with E-state index in [1.807, 2.05) is 0 Å². The maximum atomic E-state index is 11.9. The first-order valence-electron chi connectivity index (χ1n) is 9.40. The highest BCUT2D eigenvalue weighted by atomic mass is 35.5. The Bertz CT molecular complexity index is 831. The van der Waals surface area contributed by atoms with Crippen molar-refractivity contribution >= 4 is 35.4 Å². The van der Waals surface area contributed by atoms with Crippen LogP contribution >= 0.6 is 11.6 Å². The van der Waals surface area contributed by atoms with Crippen molar-refractivity contribution in [1.82, 2.24) is 5.32 Å². The second kappa shape index (κ2) is 11.0. The molecule has 0 saturated carbocycles. The molecular weight excluding hydrogens is 434 g/mol. The van der Waals surface area contributed by atoms with Gasteiger partial charge in [-0.1, -0.05) is 23.7 Å². The van der Waals surface area contributed by atoms with Crippen molar-refractivity contribution in [2.24, 2.45) is 0 Å². The van der Waals surface area contributed by atoms with Crippen LogP contribution in [0.2, 0.25) is 5.02 Å². The summed E-state index contributed by atoms with van der Waals surface area (Å²) in [5.41, 5.74) is 0. The fraction of sp³-hybridized carbons (Fsp3) is 0.500. The summed E-state index contributed by atoms with van der Waals surface area (Å²) in [5, 5.41) is 2.88. The fourth-order valence-corrected chi connectivity index (χ4v) is 3.24. The summed E-state index contributed by atoms with van der Waals surface area (Å²) in [7, 11) is 0. The maximum Gasteiger partial charge on any atom is 0.303 e. The summed E-state index contributed by atoms with van der Waals surface area (Å²) in [4.78, 5) is 46.7. The topological polar surface area (TPSA) is 126 Å². The molecule has 2 rings (SSSR count). The molecule has 0 aliphatic carbocycles. The van der Waals surface area contributed by atoms with Gasteiger partial charge in [-0.05, 0) is 12.1 Å². The number of esters is 3. The van der Waals surface area contributed by atoms with Crippen molar-refractivity contribution in [3.63, 3.8) is 0 Å². The second-order valence-corrected chi connectivity index (χ2v) is 7.18. The van der Waals surface area contributed by atoms with E-state index < -0.39 is 54.5 Å². The minimum absolute atomic E-state index is 0.239. The highest BCUT2D eigenvalue weighted by molar-refractivity contribution is 6.32. The van der Waals surface area contributed by atoms with Crippen molar-refractivity contribution in [2.75, 3.05) is 6.61 Å². The van der Waals surface area contributed by atoms with E-state index in [0.29, 0.717) is 0 Å². The van der Waals surface area contributed by atoms with E-state index >= 15 is 0 Å². The molecule has 1 heterocycles. The molecular formula is C20H24ClNO9. The van der Waals surface area contributed by atoms with Crippen molar-refractivity contribution in [3.05, 3.63) is 29.3 Å². The molecule has 0 unspecified atom stereocenters. The monoisotopic (exact) mass is 457 g/mol. The van der Waals surface area contributed by atoms with Crippen LogP contribution < -0.4 is 10.1 Å². The Morgan fingerprint density at radius 2 is 1.58 bits per heavy atom. The average Bonchev–Trinajstić information content (AvgIpc) is 2.65. The minimum atomic E-state index is -1.22. The van der Waals surface area contributed by atoms with Crippen molar-refractivity contribution < 1.29 is 42.9 Å². The van der Waals surface area contributed by atoms with Gasteiger partial charge in [-0.25, -0.2) is 0 Å². The van der Waals surface area contributed by atoms with Crippen LogP contribution in [0.5, 0.6) is 5.75 Å². The summed E-state index contributed by atoms with van der Waals surface area (Å²) in [6.45, 7) is 4.46. The number of carbonyl (C=O) groups excluding carboxylic acids is 4.